The number of nitrogens with zero attached hydrogens (tertiary/aromatic N) is 2. The fraction of sp³-hybridized carbons (Fsp3) is 0.800. The fourth-order valence-electron chi connectivity index (χ4n) is 2.12. The Balaban J connectivity index is 2.02. The van der Waals surface area contributed by atoms with Crippen LogP contribution >= 0.6 is 11.8 Å². The van der Waals surface area contributed by atoms with Crippen molar-refractivity contribution < 1.29 is 9.59 Å². The zero-order chi connectivity index (χ0) is 10.8. The molecule has 1 atom stereocenters. The maximum atomic E-state index is 12.1. The molecule has 2 fully saturated rings. The average Bonchev–Trinajstić information content (AvgIpc) is 2.84. The molecule has 0 N–H and O–H groups in total. The molecular weight excluding hydrogens is 212 g/mol. The number of likely N-dealkylation sites (tertiary alicyclic amines) is 1. The van der Waals surface area contributed by atoms with Gasteiger partial charge in [0.05, 0.1) is 18.5 Å². The van der Waals surface area contributed by atoms with Gasteiger partial charge in [-0.1, -0.05) is 6.92 Å². The Labute approximate surface area is 94.0 Å². The third kappa shape index (κ3) is 2.18. The minimum Gasteiger partial charge on any atom is -0.331 e. The number of carbonyl (C=O) groups is 2. The van der Waals surface area contributed by atoms with Gasteiger partial charge in [0.25, 0.3) is 0 Å². The number of hydrogen-bond donors (Lipinski definition) is 0. The highest BCUT2D eigenvalue weighted by atomic mass is 32.2. The number of ketones is 1. The molecule has 5 heteroatoms. The smallest absolute Gasteiger partial charge is 0.241 e. The van der Waals surface area contributed by atoms with Gasteiger partial charge in [-0.3, -0.25) is 14.5 Å². The summed E-state index contributed by atoms with van der Waals surface area (Å²) in [5.74, 6) is 2.16. The fourth-order valence-corrected chi connectivity index (χ4v) is 3.08. The van der Waals surface area contributed by atoms with E-state index in [9.17, 15) is 9.59 Å². The summed E-state index contributed by atoms with van der Waals surface area (Å²) in [6.45, 7) is 4.07. The lowest BCUT2D eigenvalue weighted by Crippen LogP contribution is -2.44. The molecule has 0 aliphatic carbocycles. The summed E-state index contributed by atoms with van der Waals surface area (Å²) < 4.78 is 0. The number of thioether (sulfide) groups is 1. The molecule has 0 aromatic rings. The zero-order valence-corrected chi connectivity index (χ0v) is 9.76. The highest BCUT2D eigenvalue weighted by Gasteiger charge is 2.37. The molecule has 0 aromatic heterocycles. The molecule has 4 nitrogen and oxygen atoms in total. The summed E-state index contributed by atoms with van der Waals surface area (Å²) in [4.78, 5) is 27.3. The van der Waals surface area contributed by atoms with Crippen molar-refractivity contribution in [2.75, 3.05) is 31.3 Å². The summed E-state index contributed by atoms with van der Waals surface area (Å²) in [5, 5.41) is 0. The number of hydrogen-bond acceptors (Lipinski definition) is 4. The van der Waals surface area contributed by atoms with Crippen molar-refractivity contribution in [2.45, 2.75) is 19.4 Å². The monoisotopic (exact) mass is 228 g/mol. The summed E-state index contributed by atoms with van der Waals surface area (Å²) >= 11 is 1.78. The first-order valence-corrected chi connectivity index (χ1v) is 6.50. The van der Waals surface area contributed by atoms with Crippen LogP contribution in [0.4, 0.5) is 0 Å². The van der Waals surface area contributed by atoms with Crippen LogP contribution in [-0.2, 0) is 9.59 Å². The SMILES string of the molecule is CCN1CC(=O)CC1C(=O)N1CCSC1. The quantitative estimate of drug-likeness (QED) is 0.676. The van der Waals surface area contributed by atoms with E-state index in [1.807, 2.05) is 16.7 Å². The van der Waals surface area contributed by atoms with Crippen molar-refractivity contribution in [3.8, 4) is 0 Å². The first-order valence-electron chi connectivity index (χ1n) is 5.34. The van der Waals surface area contributed by atoms with Crippen LogP contribution in [0, 0.1) is 0 Å². The third-order valence-electron chi connectivity index (χ3n) is 3.00. The van der Waals surface area contributed by atoms with Gasteiger partial charge in [-0.25, -0.2) is 0 Å². The van der Waals surface area contributed by atoms with Gasteiger partial charge in [-0.2, -0.15) is 0 Å². The third-order valence-corrected chi connectivity index (χ3v) is 3.96. The second kappa shape index (κ2) is 4.53. The van der Waals surface area contributed by atoms with Crippen molar-refractivity contribution in [1.82, 2.24) is 9.80 Å². The van der Waals surface area contributed by atoms with Gasteiger partial charge in [0.15, 0.2) is 0 Å². The van der Waals surface area contributed by atoms with Crippen LogP contribution in [0.25, 0.3) is 0 Å². The maximum absolute atomic E-state index is 12.1. The van der Waals surface area contributed by atoms with Crippen molar-refractivity contribution in [1.29, 1.82) is 0 Å². The number of amides is 1. The predicted octanol–water partition coefficient (Wildman–Crippen LogP) is 0.183. The lowest BCUT2D eigenvalue weighted by molar-refractivity contribution is -0.134. The van der Waals surface area contributed by atoms with Crippen LogP contribution in [-0.4, -0.2) is 58.8 Å². The summed E-state index contributed by atoms with van der Waals surface area (Å²) in [6.07, 6.45) is 0.411. The van der Waals surface area contributed by atoms with Crippen molar-refractivity contribution in [3.63, 3.8) is 0 Å². The van der Waals surface area contributed by atoms with Crippen LogP contribution in [0.3, 0.4) is 0 Å². The predicted molar refractivity (Wildman–Crippen MR) is 59.7 cm³/mol. The lowest BCUT2D eigenvalue weighted by Gasteiger charge is -2.25. The van der Waals surface area contributed by atoms with Gasteiger partial charge in [0, 0.05) is 18.7 Å². The van der Waals surface area contributed by atoms with Crippen LogP contribution in [0.2, 0.25) is 0 Å². The van der Waals surface area contributed by atoms with Gasteiger partial charge >= 0.3 is 0 Å². The number of rotatable bonds is 2. The van der Waals surface area contributed by atoms with Crippen LogP contribution in [0.1, 0.15) is 13.3 Å². The highest BCUT2D eigenvalue weighted by Crippen LogP contribution is 2.20. The van der Waals surface area contributed by atoms with Crippen molar-refractivity contribution in [3.05, 3.63) is 0 Å². The first-order chi connectivity index (χ1) is 7.22. The van der Waals surface area contributed by atoms with E-state index >= 15 is 0 Å². The Morgan fingerprint density at radius 1 is 1.60 bits per heavy atom. The number of Topliss-reactive ketones (excluding diaryl/α,β-unsaturated/α-hetero) is 1. The molecule has 1 amide bonds. The standard InChI is InChI=1S/C10H16N2O2S/c1-2-11-6-8(13)5-9(11)10(14)12-3-4-15-7-12/h9H,2-7H2,1H3. The highest BCUT2D eigenvalue weighted by molar-refractivity contribution is 7.99. The largest absolute Gasteiger partial charge is 0.331 e. The molecule has 84 valence electrons. The van der Waals surface area contributed by atoms with E-state index in [0.717, 1.165) is 24.7 Å². The van der Waals surface area contributed by atoms with E-state index in [1.165, 1.54) is 0 Å². The van der Waals surface area contributed by atoms with E-state index in [1.54, 1.807) is 11.8 Å². The molecule has 2 heterocycles. The second-order valence-corrected chi connectivity index (χ2v) is 5.04. The molecule has 0 aromatic carbocycles. The molecule has 2 rings (SSSR count). The van der Waals surface area contributed by atoms with E-state index < -0.39 is 0 Å². The van der Waals surface area contributed by atoms with E-state index in [-0.39, 0.29) is 17.7 Å². The molecule has 0 saturated carbocycles. The van der Waals surface area contributed by atoms with Gasteiger partial charge in [0.2, 0.25) is 5.91 Å². The molecule has 2 aliphatic heterocycles. The van der Waals surface area contributed by atoms with Gasteiger partial charge in [0.1, 0.15) is 5.78 Å². The normalized spacial score (nSPS) is 27.7. The first kappa shape index (κ1) is 11.0. The zero-order valence-electron chi connectivity index (χ0n) is 8.94. The molecule has 15 heavy (non-hydrogen) atoms. The minimum absolute atomic E-state index is 0.146. The molecule has 2 saturated heterocycles. The molecule has 2 aliphatic rings. The summed E-state index contributed by atoms with van der Waals surface area (Å²) in [7, 11) is 0. The minimum atomic E-state index is -0.179. The molecule has 1 unspecified atom stereocenters. The molecular formula is C10H16N2O2S. The molecule has 0 spiro atoms. The average molecular weight is 228 g/mol. The van der Waals surface area contributed by atoms with E-state index in [4.69, 9.17) is 0 Å². The van der Waals surface area contributed by atoms with Crippen molar-refractivity contribution in [2.24, 2.45) is 0 Å². The van der Waals surface area contributed by atoms with E-state index in [2.05, 4.69) is 0 Å². The van der Waals surface area contributed by atoms with Crippen LogP contribution in [0.5, 0.6) is 0 Å². The Hall–Kier alpha value is -0.550. The molecule has 0 radical (unpaired) electrons. The second-order valence-electron chi connectivity index (χ2n) is 3.96. The lowest BCUT2D eigenvalue weighted by atomic mass is 10.2. The van der Waals surface area contributed by atoms with Gasteiger partial charge < -0.3 is 4.90 Å². The molecule has 0 bridgehead atoms. The van der Waals surface area contributed by atoms with Crippen LogP contribution in [0.15, 0.2) is 0 Å². The Kier molecular flexibility index (Phi) is 3.31. The topological polar surface area (TPSA) is 40.6 Å². The van der Waals surface area contributed by atoms with Crippen molar-refractivity contribution >= 4 is 23.5 Å². The maximum Gasteiger partial charge on any atom is 0.241 e. The summed E-state index contributed by atoms with van der Waals surface area (Å²) in [6, 6.07) is -0.179. The van der Waals surface area contributed by atoms with E-state index in [0.29, 0.717) is 13.0 Å². The Morgan fingerprint density at radius 2 is 2.40 bits per heavy atom. The number of likely N-dealkylation sites (N-methyl/N-ethyl adjacent to an activating group) is 1. The van der Waals surface area contributed by atoms with Gasteiger partial charge in [-0.05, 0) is 6.54 Å². The number of carbonyl (C=O) groups excluding carboxylic acids is 2. The Bertz CT molecular complexity index is 277. The Morgan fingerprint density at radius 3 is 3.00 bits per heavy atom. The van der Waals surface area contributed by atoms with Crippen LogP contribution < -0.4 is 0 Å². The summed E-state index contributed by atoms with van der Waals surface area (Å²) in [5.41, 5.74) is 0. The van der Waals surface area contributed by atoms with Gasteiger partial charge in [-0.15, -0.1) is 11.8 Å².